The van der Waals surface area contributed by atoms with Crippen LogP contribution in [0.5, 0.6) is 5.75 Å². The molecule has 0 spiro atoms. The summed E-state index contributed by atoms with van der Waals surface area (Å²) in [6.07, 6.45) is 1.61. The molecule has 0 fully saturated rings. The lowest BCUT2D eigenvalue weighted by molar-refractivity contribution is 0.0955. The van der Waals surface area contributed by atoms with Gasteiger partial charge in [-0.2, -0.15) is 5.10 Å². The van der Waals surface area contributed by atoms with E-state index >= 15 is 0 Å². The summed E-state index contributed by atoms with van der Waals surface area (Å²) in [7, 11) is 0. The zero-order valence-electron chi connectivity index (χ0n) is 16.1. The Kier molecular flexibility index (Phi) is 5.89. The Labute approximate surface area is 163 Å². The molecule has 1 aromatic heterocycles. The number of hydrazone groups is 1. The molecule has 28 heavy (non-hydrogen) atoms. The van der Waals surface area contributed by atoms with E-state index in [9.17, 15) is 9.18 Å². The maximum Gasteiger partial charge on any atom is 0.271 e. The van der Waals surface area contributed by atoms with Crippen LogP contribution in [0.3, 0.4) is 0 Å². The summed E-state index contributed by atoms with van der Waals surface area (Å²) in [5.74, 6) is 0.146. The van der Waals surface area contributed by atoms with E-state index in [1.54, 1.807) is 42.6 Å². The minimum absolute atomic E-state index is 0.273. The molecule has 0 radical (unpaired) electrons. The number of aryl methyl sites for hydroxylation is 1. The van der Waals surface area contributed by atoms with Crippen LogP contribution in [0.1, 0.15) is 34.2 Å². The van der Waals surface area contributed by atoms with Crippen molar-refractivity contribution >= 4 is 12.1 Å². The molecule has 2 aromatic carbocycles. The molecule has 0 unspecified atom stereocenters. The zero-order valence-corrected chi connectivity index (χ0v) is 16.1. The molecule has 0 bridgehead atoms. The third-order valence-corrected chi connectivity index (χ3v) is 4.35. The Balaban J connectivity index is 1.71. The standard InChI is InChI=1S/C22H22FN3O2/c1-4-28-21-11-5-17(6-12-21)22(27)25-24-14-18-13-15(2)26(16(18)3)20-9-7-19(23)8-10-20/h5-14H,4H2,1-3H3,(H,25,27)/b24-14-. The van der Waals surface area contributed by atoms with Gasteiger partial charge in [0.15, 0.2) is 0 Å². The quantitative estimate of drug-likeness (QED) is 0.510. The fraction of sp³-hybridized carbons (Fsp3) is 0.182. The first-order chi connectivity index (χ1) is 13.5. The van der Waals surface area contributed by atoms with Gasteiger partial charge in [-0.1, -0.05) is 0 Å². The summed E-state index contributed by atoms with van der Waals surface area (Å²) in [5.41, 5.74) is 6.71. The number of nitrogens with one attached hydrogen (secondary N) is 1. The Hall–Kier alpha value is -3.41. The molecule has 0 aliphatic rings. The highest BCUT2D eigenvalue weighted by atomic mass is 19.1. The highest BCUT2D eigenvalue weighted by molar-refractivity contribution is 5.95. The average molecular weight is 379 g/mol. The van der Waals surface area contributed by atoms with Gasteiger partial charge in [0, 0.05) is 28.2 Å². The Morgan fingerprint density at radius 2 is 1.82 bits per heavy atom. The zero-order chi connectivity index (χ0) is 20.1. The van der Waals surface area contributed by atoms with Gasteiger partial charge in [0.25, 0.3) is 5.91 Å². The third-order valence-electron chi connectivity index (χ3n) is 4.35. The van der Waals surface area contributed by atoms with Crippen LogP contribution >= 0.6 is 0 Å². The molecule has 0 aliphatic heterocycles. The summed E-state index contributed by atoms with van der Waals surface area (Å²) in [6, 6.07) is 15.2. The van der Waals surface area contributed by atoms with Crippen LogP contribution in [-0.4, -0.2) is 23.3 Å². The first-order valence-electron chi connectivity index (χ1n) is 9.00. The molecule has 5 nitrogen and oxygen atoms in total. The van der Waals surface area contributed by atoms with Gasteiger partial charge < -0.3 is 9.30 Å². The van der Waals surface area contributed by atoms with Gasteiger partial charge in [0.2, 0.25) is 0 Å². The number of carbonyl (C=O) groups excluding carboxylic acids is 1. The van der Waals surface area contributed by atoms with Crippen LogP contribution in [-0.2, 0) is 0 Å². The SMILES string of the molecule is CCOc1ccc(C(=O)N/N=C\c2cc(C)n(-c3ccc(F)cc3)c2C)cc1. The molecular formula is C22H22FN3O2. The molecule has 3 aromatic rings. The van der Waals surface area contributed by atoms with Gasteiger partial charge in [-0.25, -0.2) is 9.82 Å². The highest BCUT2D eigenvalue weighted by Crippen LogP contribution is 2.20. The molecule has 0 atom stereocenters. The summed E-state index contributed by atoms with van der Waals surface area (Å²) >= 11 is 0. The number of hydrogen-bond donors (Lipinski definition) is 1. The lowest BCUT2D eigenvalue weighted by Gasteiger charge is -2.09. The minimum Gasteiger partial charge on any atom is -0.494 e. The Morgan fingerprint density at radius 1 is 1.14 bits per heavy atom. The van der Waals surface area contributed by atoms with Crippen molar-refractivity contribution in [2.75, 3.05) is 6.61 Å². The number of rotatable bonds is 6. The van der Waals surface area contributed by atoms with Crippen LogP contribution in [0, 0.1) is 19.7 Å². The number of benzene rings is 2. The lowest BCUT2D eigenvalue weighted by atomic mass is 10.2. The third kappa shape index (κ3) is 4.28. The van der Waals surface area contributed by atoms with Gasteiger partial charge >= 0.3 is 0 Å². The average Bonchev–Trinajstić information content (AvgIpc) is 2.97. The van der Waals surface area contributed by atoms with Gasteiger partial charge in [-0.05, 0) is 75.4 Å². The van der Waals surface area contributed by atoms with Gasteiger partial charge in [-0.3, -0.25) is 4.79 Å². The molecule has 1 heterocycles. The second-order valence-electron chi connectivity index (χ2n) is 6.29. The van der Waals surface area contributed by atoms with E-state index < -0.39 is 0 Å². The summed E-state index contributed by atoms with van der Waals surface area (Å²) in [6.45, 7) is 6.40. The van der Waals surface area contributed by atoms with Gasteiger partial charge in [-0.15, -0.1) is 0 Å². The number of ether oxygens (including phenoxy) is 1. The summed E-state index contributed by atoms with van der Waals surface area (Å²) in [5, 5.41) is 4.07. The van der Waals surface area contributed by atoms with Crippen LogP contribution in [0.4, 0.5) is 4.39 Å². The van der Waals surface area contributed by atoms with E-state index in [1.807, 2.05) is 31.4 Å². The topological polar surface area (TPSA) is 55.6 Å². The molecule has 1 N–H and O–H groups in total. The molecule has 0 saturated heterocycles. The van der Waals surface area contributed by atoms with E-state index in [4.69, 9.17) is 4.74 Å². The molecule has 1 amide bonds. The first kappa shape index (κ1) is 19.4. The van der Waals surface area contributed by atoms with Crippen molar-refractivity contribution in [3.8, 4) is 11.4 Å². The van der Waals surface area contributed by atoms with E-state index in [0.29, 0.717) is 12.2 Å². The summed E-state index contributed by atoms with van der Waals surface area (Å²) < 4.78 is 20.5. The van der Waals surface area contributed by atoms with Crippen molar-refractivity contribution in [1.82, 2.24) is 9.99 Å². The molecular weight excluding hydrogens is 357 g/mol. The first-order valence-corrected chi connectivity index (χ1v) is 9.00. The molecule has 0 aliphatic carbocycles. The Morgan fingerprint density at radius 3 is 2.46 bits per heavy atom. The lowest BCUT2D eigenvalue weighted by Crippen LogP contribution is -2.17. The molecule has 144 valence electrons. The van der Waals surface area contributed by atoms with Crippen LogP contribution in [0.25, 0.3) is 5.69 Å². The van der Waals surface area contributed by atoms with Crippen molar-refractivity contribution in [2.45, 2.75) is 20.8 Å². The maximum absolute atomic E-state index is 13.2. The van der Waals surface area contributed by atoms with Gasteiger partial charge in [0.05, 0.1) is 12.8 Å². The highest BCUT2D eigenvalue weighted by Gasteiger charge is 2.10. The smallest absolute Gasteiger partial charge is 0.271 e. The summed E-state index contributed by atoms with van der Waals surface area (Å²) in [4.78, 5) is 12.2. The second kappa shape index (κ2) is 8.52. The predicted molar refractivity (Wildman–Crippen MR) is 108 cm³/mol. The van der Waals surface area contributed by atoms with E-state index in [2.05, 4.69) is 10.5 Å². The maximum atomic E-state index is 13.2. The molecule has 3 rings (SSSR count). The number of nitrogens with zero attached hydrogens (tertiary/aromatic N) is 2. The monoisotopic (exact) mass is 379 g/mol. The number of aromatic nitrogens is 1. The Bertz CT molecular complexity index is 990. The van der Waals surface area contributed by atoms with E-state index in [-0.39, 0.29) is 11.7 Å². The number of halogens is 1. The van der Waals surface area contributed by atoms with E-state index in [1.165, 1.54) is 12.1 Å². The van der Waals surface area contributed by atoms with E-state index in [0.717, 1.165) is 28.4 Å². The second-order valence-corrected chi connectivity index (χ2v) is 6.29. The van der Waals surface area contributed by atoms with Crippen molar-refractivity contribution in [3.63, 3.8) is 0 Å². The van der Waals surface area contributed by atoms with Gasteiger partial charge in [0.1, 0.15) is 11.6 Å². The molecule has 0 saturated carbocycles. The number of carbonyl (C=O) groups is 1. The van der Waals surface area contributed by atoms with Crippen LogP contribution in [0.2, 0.25) is 0 Å². The normalized spacial score (nSPS) is 11.0. The van der Waals surface area contributed by atoms with Crippen molar-refractivity contribution < 1.29 is 13.9 Å². The largest absolute Gasteiger partial charge is 0.494 e. The van der Waals surface area contributed by atoms with Crippen LogP contribution < -0.4 is 10.2 Å². The van der Waals surface area contributed by atoms with Crippen molar-refractivity contribution in [1.29, 1.82) is 0 Å². The molecule has 6 heteroatoms. The van der Waals surface area contributed by atoms with Crippen molar-refractivity contribution in [3.05, 3.63) is 82.9 Å². The van der Waals surface area contributed by atoms with Crippen LogP contribution in [0.15, 0.2) is 59.7 Å². The predicted octanol–water partition coefficient (Wildman–Crippen LogP) is 4.40. The fourth-order valence-electron chi connectivity index (χ4n) is 3.00. The number of hydrogen-bond acceptors (Lipinski definition) is 3. The fourth-order valence-corrected chi connectivity index (χ4v) is 3.00. The number of amides is 1. The minimum atomic E-state index is -0.299. The van der Waals surface area contributed by atoms with Crippen molar-refractivity contribution in [2.24, 2.45) is 5.10 Å².